The van der Waals surface area contributed by atoms with E-state index in [1.807, 2.05) is 13.8 Å². The minimum absolute atomic E-state index is 0.289. The number of halogens is 2. The van der Waals surface area contributed by atoms with E-state index in [9.17, 15) is 4.21 Å². The molecule has 0 aromatic heterocycles. The Kier molecular flexibility index (Phi) is 5.78. The molecule has 4 heteroatoms. The van der Waals surface area contributed by atoms with Crippen LogP contribution in [0.2, 0.25) is 0 Å². The molecule has 0 aliphatic rings. The Balaban J connectivity index is 3.82. The molecule has 2 atom stereocenters. The Bertz CT molecular complexity index is 106. The standard InChI is InChI=1S/C6H12Cl2OS/c1-3-5(7)10(9)6(8)4-2/h5-6H,3-4H2,1-2H3. The predicted molar refractivity (Wildman–Crippen MR) is 48.0 cm³/mol. The number of hydrogen-bond acceptors (Lipinski definition) is 1. The molecular weight excluding hydrogens is 191 g/mol. The molecule has 62 valence electrons. The summed E-state index contributed by atoms with van der Waals surface area (Å²) in [6, 6.07) is 0. The van der Waals surface area contributed by atoms with Gasteiger partial charge in [-0.3, -0.25) is 4.21 Å². The first-order chi connectivity index (χ1) is 4.63. The zero-order valence-corrected chi connectivity index (χ0v) is 8.47. The van der Waals surface area contributed by atoms with Crippen LogP contribution in [0.4, 0.5) is 0 Å². The molecule has 10 heavy (non-hydrogen) atoms. The van der Waals surface area contributed by atoms with Crippen molar-refractivity contribution >= 4 is 34.0 Å². The van der Waals surface area contributed by atoms with Crippen molar-refractivity contribution < 1.29 is 4.21 Å². The summed E-state index contributed by atoms with van der Waals surface area (Å²) in [6.07, 6.45) is 1.41. The normalized spacial score (nSPS) is 20.0. The van der Waals surface area contributed by atoms with Crippen molar-refractivity contribution in [1.29, 1.82) is 0 Å². The Labute approximate surface area is 74.5 Å². The summed E-state index contributed by atoms with van der Waals surface area (Å²) in [5.41, 5.74) is 0. The molecule has 0 saturated heterocycles. The molecule has 0 aromatic carbocycles. The van der Waals surface area contributed by atoms with Crippen molar-refractivity contribution in [2.75, 3.05) is 0 Å². The number of rotatable bonds is 4. The van der Waals surface area contributed by atoms with Gasteiger partial charge in [-0.05, 0) is 12.8 Å². The van der Waals surface area contributed by atoms with Crippen LogP contribution in [0.3, 0.4) is 0 Å². The van der Waals surface area contributed by atoms with Gasteiger partial charge in [0, 0.05) is 0 Å². The maximum absolute atomic E-state index is 11.2. The van der Waals surface area contributed by atoms with Crippen molar-refractivity contribution in [3.05, 3.63) is 0 Å². The van der Waals surface area contributed by atoms with Crippen LogP contribution in [-0.4, -0.2) is 13.6 Å². The van der Waals surface area contributed by atoms with Crippen LogP contribution in [0.25, 0.3) is 0 Å². The van der Waals surface area contributed by atoms with Crippen LogP contribution in [-0.2, 0) is 10.8 Å². The first kappa shape index (κ1) is 10.7. The third-order valence-corrected chi connectivity index (χ3v) is 4.49. The van der Waals surface area contributed by atoms with Crippen LogP contribution >= 0.6 is 23.2 Å². The van der Waals surface area contributed by atoms with E-state index in [0.717, 1.165) is 0 Å². The highest BCUT2D eigenvalue weighted by Crippen LogP contribution is 2.16. The van der Waals surface area contributed by atoms with E-state index in [-0.39, 0.29) is 9.42 Å². The van der Waals surface area contributed by atoms with Crippen LogP contribution < -0.4 is 0 Å². The van der Waals surface area contributed by atoms with Gasteiger partial charge in [0.1, 0.15) is 9.42 Å². The quantitative estimate of drug-likeness (QED) is 0.642. The van der Waals surface area contributed by atoms with Gasteiger partial charge in [0.25, 0.3) is 0 Å². The maximum Gasteiger partial charge on any atom is 0.110 e. The summed E-state index contributed by atoms with van der Waals surface area (Å²) in [5.74, 6) is 0. The minimum atomic E-state index is -1.08. The molecule has 0 bridgehead atoms. The van der Waals surface area contributed by atoms with Crippen molar-refractivity contribution in [2.45, 2.75) is 36.1 Å². The zero-order chi connectivity index (χ0) is 8.15. The summed E-state index contributed by atoms with van der Waals surface area (Å²) in [4.78, 5) is 0. The molecule has 0 aromatic rings. The van der Waals surface area contributed by atoms with Gasteiger partial charge < -0.3 is 0 Å². The molecule has 2 unspecified atom stereocenters. The molecule has 0 radical (unpaired) electrons. The lowest BCUT2D eigenvalue weighted by molar-refractivity contribution is 0.675. The van der Waals surface area contributed by atoms with E-state index in [4.69, 9.17) is 23.2 Å². The lowest BCUT2D eigenvalue weighted by Gasteiger charge is -2.09. The first-order valence-corrected chi connectivity index (χ1v) is 5.45. The van der Waals surface area contributed by atoms with Crippen molar-refractivity contribution in [3.8, 4) is 0 Å². The molecule has 0 spiro atoms. The highest BCUT2D eigenvalue weighted by molar-refractivity contribution is 7.88. The van der Waals surface area contributed by atoms with E-state index in [1.54, 1.807) is 0 Å². The van der Waals surface area contributed by atoms with E-state index in [2.05, 4.69) is 0 Å². The van der Waals surface area contributed by atoms with Gasteiger partial charge in [-0.15, -0.1) is 23.2 Å². The Morgan fingerprint density at radius 3 is 1.70 bits per heavy atom. The highest BCUT2D eigenvalue weighted by atomic mass is 35.5. The van der Waals surface area contributed by atoms with Crippen LogP contribution in [0.5, 0.6) is 0 Å². The molecular formula is C6H12Cl2OS. The Morgan fingerprint density at radius 2 is 1.50 bits per heavy atom. The summed E-state index contributed by atoms with van der Waals surface area (Å²) in [7, 11) is -1.08. The van der Waals surface area contributed by atoms with Crippen molar-refractivity contribution in [3.63, 3.8) is 0 Å². The summed E-state index contributed by atoms with van der Waals surface area (Å²) >= 11 is 11.4. The fraction of sp³-hybridized carbons (Fsp3) is 1.00. The molecule has 0 rings (SSSR count). The van der Waals surface area contributed by atoms with E-state index in [1.165, 1.54) is 0 Å². The van der Waals surface area contributed by atoms with Gasteiger partial charge in [-0.25, -0.2) is 0 Å². The molecule has 1 nitrogen and oxygen atoms in total. The largest absolute Gasteiger partial charge is 0.257 e. The number of alkyl halides is 2. The third kappa shape index (κ3) is 3.22. The fourth-order valence-corrected chi connectivity index (χ4v) is 2.37. The van der Waals surface area contributed by atoms with Crippen LogP contribution in [0.15, 0.2) is 0 Å². The van der Waals surface area contributed by atoms with Crippen molar-refractivity contribution in [1.82, 2.24) is 0 Å². The minimum Gasteiger partial charge on any atom is -0.257 e. The highest BCUT2D eigenvalue weighted by Gasteiger charge is 2.17. The predicted octanol–water partition coefficient (Wildman–Crippen LogP) is 2.68. The SMILES string of the molecule is CCC(Cl)S(=O)C(Cl)CC. The molecule has 0 aliphatic carbocycles. The van der Waals surface area contributed by atoms with E-state index >= 15 is 0 Å². The Hall–Kier alpha value is 0.730. The summed E-state index contributed by atoms with van der Waals surface area (Å²) in [6.45, 7) is 3.80. The van der Waals surface area contributed by atoms with Gasteiger partial charge in [0.05, 0.1) is 10.8 Å². The second kappa shape index (κ2) is 5.39. The zero-order valence-electron chi connectivity index (χ0n) is 6.14. The molecule has 0 amide bonds. The fourth-order valence-electron chi connectivity index (χ4n) is 0.489. The van der Waals surface area contributed by atoms with Gasteiger partial charge >= 0.3 is 0 Å². The second-order valence-electron chi connectivity index (χ2n) is 1.97. The van der Waals surface area contributed by atoms with E-state index in [0.29, 0.717) is 12.8 Å². The van der Waals surface area contributed by atoms with Crippen LogP contribution in [0.1, 0.15) is 26.7 Å². The van der Waals surface area contributed by atoms with E-state index < -0.39 is 10.8 Å². The van der Waals surface area contributed by atoms with Gasteiger partial charge in [0.2, 0.25) is 0 Å². The molecule has 0 fully saturated rings. The first-order valence-electron chi connectivity index (χ1n) is 3.31. The van der Waals surface area contributed by atoms with Gasteiger partial charge in [-0.1, -0.05) is 13.8 Å². The second-order valence-corrected chi connectivity index (χ2v) is 5.33. The maximum atomic E-state index is 11.2. The lowest BCUT2D eigenvalue weighted by Crippen LogP contribution is -2.16. The average molecular weight is 203 g/mol. The molecule has 0 aliphatic heterocycles. The summed E-state index contributed by atoms with van der Waals surface area (Å²) in [5, 5.41) is 0. The molecule has 0 N–H and O–H groups in total. The third-order valence-electron chi connectivity index (χ3n) is 1.15. The topological polar surface area (TPSA) is 17.1 Å². The monoisotopic (exact) mass is 202 g/mol. The number of hydrogen-bond donors (Lipinski definition) is 0. The van der Waals surface area contributed by atoms with Gasteiger partial charge in [0.15, 0.2) is 0 Å². The lowest BCUT2D eigenvalue weighted by atomic mass is 10.6. The molecule has 0 saturated carbocycles. The Morgan fingerprint density at radius 1 is 1.20 bits per heavy atom. The van der Waals surface area contributed by atoms with Crippen LogP contribution in [0, 0.1) is 0 Å². The summed E-state index contributed by atoms with van der Waals surface area (Å²) < 4.78 is 10.6. The van der Waals surface area contributed by atoms with Gasteiger partial charge in [-0.2, -0.15) is 0 Å². The molecule has 0 heterocycles. The smallest absolute Gasteiger partial charge is 0.110 e. The van der Waals surface area contributed by atoms with Crippen molar-refractivity contribution in [2.24, 2.45) is 0 Å². The average Bonchev–Trinajstić information content (AvgIpc) is 2.00.